The molecular formula is C15H26N2O2. The van der Waals surface area contributed by atoms with Gasteiger partial charge < -0.3 is 14.5 Å². The van der Waals surface area contributed by atoms with Crippen molar-refractivity contribution in [2.45, 2.75) is 52.4 Å². The second-order valence-electron chi connectivity index (χ2n) is 5.47. The third-order valence-electron chi connectivity index (χ3n) is 3.54. The van der Waals surface area contributed by atoms with Crippen LogP contribution in [-0.4, -0.2) is 36.7 Å². The van der Waals surface area contributed by atoms with Gasteiger partial charge in [0.1, 0.15) is 11.5 Å². The van der Waals surface area contributed by atoms with Crippen LogP contribution in [0.2, 0.25) is 0 Å². The quantitative estimate of drug-likeness (QED) is 0.802. The standard InChI is InChI=1S/C15H26N2O2/c1-4-7-16-8-14-5-6-15(19-14)10-17-9-13(3)18-11-12(17)2/h5-6,12-13,16H,4,7-11H2,1-3H3. The first-order valence-corrected chi connectivity index (χ1v) is 7.33. The molecule has 0 bridgehead atoms. The second-order valence-corrected chi connectivity index (χ2v) is 5.47. The SMILES string of the molecule is CCCNCc1ccc(CN2CC(C)OCC2C)o1. The zero-order valence-electron chi connectivity index (χ0n) is 12.3. The van der Waals surface area contributed by atoms with Crippen molar-refractivity contribution in [1.29, 1.82) is 0 Å². The molecule has 1 aromatic heterocycles. The molecule has 2 atom stereocenters. The van der Waals surface area contributed by atoms with Crippen molar-refractivity contribution in [3.63, 3.8) is 0 Å². The number of hydrogen-bond donors (Lipinski definition) is 1. The molecule has 0 spiro atoms. The Morgan fingerprint density at radius 2 is 2.11 bits per heavy atom. The van der Waals surface area contributed by atoms with Crippen molar-refractivity contribution >= 4 is 0 Å². The van der Waals surface area contributed by atoms with Gasteiger partial charge in [-0.2, -0.15) is 0 Å². The van der Waals surface area contributed by atoms with E-state index in [0.717, 1.165) is 50.7 Å². The Balaban J connectivity index is 1.84. The number of ether oxygens (including phenoxy) is 1. The number of hydrogen-bond acceptors (Lipinski definition) is 4. The van der Waals surface area contributed by atoms with Crippen LogP contribution in [0.4, 0.5) is 0 Å². The topological polar surface area (TPSA) is 37.6 Å². The van der Waals surface area contributed by atoms with Crippen LogP contribution in [0.15, 0.2) is 16.5 Å². The molecule has 1 N–H and O–H groups in total. The highest BCUT2D eigenvalue weighted by atomic mass is 16.5. The molecule has 1 aliphatic heterocycles. The van der Waals surface area contributed by atoms with Crippen LogP contribution < -0.4 is 5.32 Å². The average Bonchev–Trinajstić information content (AvgIpc) is 2.82. The second kappa shape index (κ2) is 7.08. The Morgan fingerprint density at radius 3 is 2.89 bits per heavy atom. The molecule has 108 valence electrons. The summed E-state index contributed by atoms with van der Waals surface area (Å²) < 4.78 is 11.5. The number of nitrogens with one attached hydrogen (secondary N) is 1. The van der Waals surface area contributed by atoms with Crippen LogP contribution in [-0.2, 0) is 17.8 Å². The average molecular weight is 266 g/mol. The van der Waals surface area contributed by atoms with Gasteiger partial charge in [0.05, 0.1) is 25.8 Å². The van der Waals surface area contributed by atoms with Crippen LogP contribution in [0.5, 0.6) is 0 Å². The summed E-state index contributed by atoms with van der Waals surface area (Å²) >= 11 is 0. The molecule has 1 aliphatic rings. The summed E-state index contributed by atoms with van der Waals surface area (Å²) in [5.41, 5.74) is 0. The monoisotopic (exact) mass is 266 g/mol. The van der Waals surface area contributed by atoms with Gasteiger partial charge in [0.15, 0.2) is 0 Å². The van der Waals surface area contributed by atoms with E-state index in [1.165, 1.54) is 0 Å². The molecule has 19 heavy (non-hydrogen) atoms. The van der Waals surface area contributed by atoms with Gasteiger partial charge in [0.25, 0.3) is 0 Å². The van der Waals surface area contributed by atoms with Gasteiger partial charge in [-0.1, -0.05) is 6.92 Å². The van der Waals surface area contributed by atoms with Crippen molar-refractivity contribution in [2.24, 2.45) is 0 Å². The summed E-state index contributed by atoms with van der Waals surface area (Å²) in [6, 6.07) is 4.63. The minimum atomic E-state index is 0.317. The van der Waals surface area contributed by atoms with E-state index in [-0.39, 0.29) is 0 Å². The summed E-state index contributed by atoms with van der Waals surface area (Å²) in [7, 11) is 0. The first kappa shape index (κ1) is 14.6. The first-order valence-electron chi connectivity index (χ1n) is 7.33. The van der Waals surface area contributed by atoms with Gasteiger partial charge in [-0.15, -0.1) is 0 Å². The third-order valence-corrected chi connectivity index (χ3v) is 3.54. The fourth-order valence-electron chi connectivity index (χ4n) is 2.38. The van der Waals surface area contributed by atoms with E-state index in [9.17, 15) is 0 Å². The third kappa shape index (κ3) is 4.34. The van der Waals surface area contributed by atoms with Crippen LogP contribution in [0.25, 0.3) is 0 Å². The fourth-order valence-corrected chi connectivity index (χ4v) is 2.38. The van der Waals surface area contributed by atoms with E-state index in [1.807, 2.05) is 0 Å². The summed E-state index contributed by atoms with van der Waals surface area (Å²) in [5.74, 6) is 2.08. The number of morpholine rings is 1. The molecule has 4 heteroatoms. The lowest BCUT2D eigenvalue weighted by Gasteiger charge is -2.36. The smallest absolute Gasteiger partial charge is 0.118 e. The van der Waals surface area contributed by atoms with Crippen molar-refractivity contribution in [1.82, 2.24) is 10.2 Å². The lowest BCUT2D eigenvalue weighted by atomic mass is 10.2. The molecule has 4 nitrogen and oxygen atoms in total. The van der Waals surface area contributed by atoms with Gasteiger partial charge in [-0.25, -0.2) is 0 Å². The Kier molecular flexibility index (Phi) is 5.43. The minimum Gasteiger partial charge on any atom is -0.463 e. The van der Waals surface area contributed by atoms with Gasteiger partial charge in [-0.3, -0.25) is 4.90 Å². The van der Waals surface area contributed by atoms with Crippen LogP contribution in [0.1, 0.15) is 38.7 Å². The molecular weight excluding hydrogens is 240 g/mol. The van der Waals surface area contributed by atoms with E-state index in [1.54, 1.807) is 0 Å². The lowest BCUT2D eigenvalue weighted by molar-refractivity contribution is -0.0546. The zero-order chi connectivity index (χ0) is 13.7. The Morgan fingerprint density at radius 1 is 1.32 bits per heavy atom. The van der Waals surface area contributed by atoms with E-state index in [0.29, 0.717) is 12.1 Å². The molecule has 2 rings (SSSR count). The highest BCUT2D eigenvalue weighted by Crippen LogP contribution is 2.17. The zero-order valence-corrected chi connectivity index (χ0v) is 12.3. The van der Waals surface area contributed by atoms with Crippen molar-refractivity contribution < 1.29 is 9.15 Å². The summed E-state index contributed by atoms with van der Waals surface area (Å²) in [6.45, 7) is 11.0. The minimum absolute atomic E-state index is 0.317. The molecule has 1 saturated heterocycles. The maximum absolute atomic E-state index is 5.87. The largest absolute Gasteiger partial charge is 0.463 e. The van der Waals surface area contributed by atoms with Crippen LogP contribution in [0, 0.1) is 0 Å². The highest BCUT2D eigenvalue weighted by molar-refractivity contribution is 5.07. The summed E-state index contributed by atoms with van der Waals surface area (Å²) in [6.07, 6.45) is 1.47. The molecule has 0 aliphatic carbocycles. The highest BCUT2D eigenvalue weighted by Gasteiger charge is 2.24. The fraction of sp³-hybridized carbons (Fsp3) is 0.733. The molecule has 0 aromatic carbocycles. The predicted octanol–water partition coefficient (Wildman–Crippen LogP) is 2.39. The van der Waals surface area contributed by atoms with Gasteiger partial charge in [-0.05, 0) is 38.9 Å². The van der Waals surface area contributed by atoms with E-state index in [4.69, 9.17) is 9.15 Å². The molecule has 0 saturated carbocycles. The van der Waals surface area contributed by atoms with Gasteiger partial charge >= 0.3 is 0 Å². The molecule has 1 aromatic rings. The molecule has 2 unspecified atom stereocenters. The van der Waals surface area contributed by atoms with E-state index < -0.39 is 0 Å². The van der Waals surface area contributed by atoms with Crippen molar-refractivity contribution in [3.05, 3.63) is 23.7 Å². The molecule has 0 amide bonds. The predicted molar refractivity (Wildman–Crippen MR) is 76.0 cm³/mol. The Hall–Kier alpha value is -0.840. The van der Waals surface area contributed by atoms with Crippen molar-refractivity contribution in [3.8, 4) is 0 Å². The molecule has 1 fully saturated rings. The number of furan rings is 1. The first-order chi connectivity index (χ1) is 9.19. The van der Waals surface area contributed by atoms with Gasteiger partial charge in [0, 0.05) is 12.6 Å². The van der Waals surface area contributed by atoms with E-state index >= 15 is 0 Å². The summed E-state index contributed by atoms with van der Waals surface area (Å²) in [4.78, 5) is 2.43. The molecule has 0 radical (unpaired) electrons. The number of rotatable bonds is 6. The lowest BCUT2D eigenvalue weighted by Crippen LogP contribution is -2.46. The maximum Gasteiger partial charge on any atom is 0.118 e. The van der Waals surface area contributed by atoms with Crippen molar-refractivity contribution in [2.75, 3.05) is 19.7 Å². The normalized spacial score (nSPS) is 24.8. The van der Waals surface area contributed by atoms with Gasteiger partial charge in [0.2, 0.25) is 0 Å². The Labute approximate surface area is 116 Å². The van der Waals surface area contributed by atoms with Crippen LogP contribution >= 0.6 is 0 Å². The number of nitrogens with zero attached hydrogens (tertiary/aromatic N) is 1. The maximum atomic E-state index is 5.87. The van der Waals surface area contributed by atoms with E-state index in [2.05, 4.69) is 43.1 Å². The molecule has 2 heterocycles. The van der Waals surface area contributed by atoms with Crippen LogP contribution in [0.3, 0.4) is 0 Å². The summed E-state index contributed by atoms with van der Waals surface area (Å²) in [5, 5.41) is 3.36. The Bertz CT molecular complexity index is 378.